The van der Waals surface area contributed by atoms with E-state index in [4.69, 9.17) is 4.55 Å². The topological polar surface area (TPSA) is 80.7 Å². The highest BCUT2D eigenvalue weighted by Gasteiger charge is 2.79. The summed E-state index contributed by atoms with van der Waals surface area (Å²) in [4.78, 5) is 12.0. The minimum Gasteiger partial charge on any atom is -0.463 e. The zero-order valence-corrected chi connectivity index (χ0v) is 15.4. The Morgan fingerprint density at radius 2 is 1.32 bits per heavy atom. The van der Waals surface area contributed by atoms with Crippen LogP contribution in [0.1, 0.15) is 38.5 Å². The minimum atomic E-state index is -6.71. The molecule has 0 saturated heterocycles. The molecule has 0 aromatic carbocycles. The lowest BCUT2D eigenvalue weighted by molar-refractivity contribution is -0.277. The maximum Gasteiger partial charge on any atom is 0.423 e. The van der Waals surface area contributed by atoms with Crippen LogP contribution in [0.4, 0.5) is 26.3 Å². The zero-order valence-electron chi connectivity index (χ0n) is 14.6. The van der Waals surface area contributed by atoms with Gasteiger partial charge in [-0.3, -0.25) is 9.35 Å². The summed E-state index contributed by atoms with van der Waals surface area (Å²) in [5.41, 5.74) is 0. The van der Waals surface area contributed by atoms with E-state index in [1.807, 2.05) is 0 Å². The van der Waals surface area contributed by atoms with Crippen molar-refractivity contribution in [1.29, 1.82) is 0 Å². The van der Waals surface area contributed by atoms with Gasteiger partial charge in [-0.15, -0.1) is 0 Å². The van der Waals surface area contributed by atoms with Crippen molar-refractivity contribution in [3.05, 3.63) is 0 Å². The molecular weight excluding hydrogens is 418 g/mol. The summed E-state index contributed by atoms with van der Waals surface area (Å²) in [7, 11) is -6.71. The predicted octanol–water partition coefficient (Wildman–Crippen LogP) is 3.74. The molecule has 0 spiro atoms. The maximum absolute atomic E-state index is 13.1. The molecule has 0 unspecified atom stereocenters. The van der Waals surface area contributed by atoms with Crippen LogP contribution in [0, 0.1) is 29.6 Å². The molecule has 5 nitrogen and oxygen atoms in total. The van der Waals surface area contributed by atoms with E-state index in [0.29, 0.717) is 11.8 Å². The molecule has 0 atom stereocenters. The van der Waals surface area contributed by atoms with Crippen molar-refractivity contribution in [2.75, 3.05) is 6.61 Å². The van der Waals surface area contributed by atoms with Crippen molar-refractivity contribution in [2.45, 2.75) is 55.6 Å². The Morgan fingerprint density at radius 1 is 0.893 bits per heavy atom. The van der Waals surface area contributed by atoms with Gasteiger partial charge in [0.2, 0.25) is 0 Å². The number of ether oxygens (including phenoxy) is 1. The Morgan fingerprint density at radius 3 is 1.68 bits per heavy atom. The number of hydrogen-bond acceptors (Lipinski definition) is 4. The van der Waals surface area contributed by atoms with Crippen molar-refractivity contribution in [3.8, 4) is 0 Å². The lowest BCUT2D eigenvalue weighted by Gasteiger charge is -2.54. The van der Waals surface area contributed by atoms with Crippen molar-refractivity contribution < 1.29 is 48.8 Å². The van der Waals surface area contributed by atoms with E-state index in [1.165, 1.54) is 0 Å². The molecular formula is C16H20F6O5S. The van der Waals surface area contributed by atoms with Crippen LogP contribution in [0.3, 0.4) is 0 Å². The first kappa shape index (κ1) is 21.7. The molecule has 0 amide bonds. The first-order valence-electron chi connectivity index (χ1n) is 8.92. The number of rotatable bonds is 5. The Bertz CT molecular complexity index is 687. The van der Waals surface area contributed by atoms with E-state index >= 15 is 0 Å². The summed E-state index contributed by atoms with van der Waals surface area (Å²) in [5, 5.41) is 0. The van der Waals surface area contributed by atoms with E-state index in [-0.39, 0.29) is 24.2 Å². The summed E-state index contributed by atoms with van der Waals surface area (Å²) in [5.74, 6) is -0.0354. The largest absolute Gasteiger partial charge is 0.463 e. The average Bonchev–Trinajstić information content (AvgIpc) is 2.46. The maximum atomic E-state index is 13.1. The highest BCUT2D eigenvalue weighted by molar-refractivity contribution is 7.87. The molecule has 1 N–H and O–H groups in total. The van der Waals surface area contributed by atoms with E-state index in [2.05, 4.69) is 4.74 Å². The summed E-state index contributed by atoms with van der Waals surface area (Å²) in [6.07, 6.45) is -8.57. The first-order chi connectivity index (χ1) is 12.7. The van der Waals surface area contributed by atoms with E-state index in [9.17, 15) is 39.6 Å². The van der Waals surface area contributed by atoms with Gasteiger partial charge in [0.25, 0.3) is 10.1 Å². The van der Waals surface area contributed by atoms with Crippen LogP contribution in [0.15, 0.2) is 0 Å². The second kappa shape index (κ2) is 6.75. The van der Waals surface area contributed by atoms with Crippen LogP contribution in [0.2, 0.25) is 0 Å². The second-order valence-electron chi connectivity index (χ2n) is 8.26. The zero-order chi connectivity index (χ0) is 21.1. The smallest absolute Gasteiger partial charge is 0.423 e. The molecule has 162 valence electrons. The number of alkyl halides is 6. The lowest BCUT2D eigenvalue weighted by atomic mass is 9.51. The Balaban J connectivity index is 1.73. The van der Waals surface area contributed by atoms with Crippen molar-refractivity contribution in [2.24, 2.45) is 29.6 Å². The van der Waals surface area contributed by atoms with E-state index < -0.39 is 39.8 Å². The van der Waals surface area contributed by atoms with Crippen molar-refractivity contribution in [1.82, 2.24) is 0 Å². The molecule has 4 bridgehead atoms. The van der Waals surface area contributed by atoms with Crippen molar-refractivity contribution >= 4 is 16.1 Å². The van der Waals surface area contributed by atoms with E-state index in [1.54, 1.807) is 0 Å². The van der Waals surface area contributed by atoms with Crippen LogP contribution in [-0.2, 0) is 19.6 Å². The third-order valence-corrected chi connectivity index (χ3v) is 8.08. The van der Waals surface area contributed by atoms with Crippen LogP contribution in [-0.4, -0.2) is 42.6 Å². The molecule has 4 rings (SSSR count). The fourth-order valence-electron chi connectivity index (χ4n) is 5.50. The van der Waals surface area contributed by atoms with Gasteiger partial charge < -0.3 is 4.74 Å². The van der Waals surface area contributed by atoms with Crippen LogP contribution in [0.25, 0.3) is 0 Å². The monoisotopic (exact) mass is 438 g/mol. The number of hydrogen-bond donors (Lipinski definition) is 1. The Kier molecular flexibility index (Phi) is 5.22. The predicted molar refractivity (Wildman–Crippen MR) is 82.5 cm³/mol. The molecule has 4 saturated carbocycles. The quantitative estimate of drug-likeness (QED) is 0.402. The number of carbonyl (C=O) groups is 1. The Hall–Kier alpha value is -1.04. The molecule has 0 aromatic heterocycles. The van der Waals surface area contributed by atoms with Crippen LogP contribution in [0.5, 0.6) is 0 Å². The average molecular weight is 438 g/mol. The van der Waals surface area contributed by atoms with Gasteiger partial charge in [0.15, 0.2) is 0 Å². The molecule has 0 aromatic rings. The fraction of sp³-hybridized carbons (Fsp3) is 0.938. The van der Waals surface area contributed by atoms with Gasteiger partial charge in [0.05, 0.1) is 0 Å². The molecule has 4 fully saturated rings. The van der Waals surface area contributed by atoms with Gasteiger partial charge in [-0.2, -0.15) is 34.8 Å². The third kappa shape index (κ3) is 3.50. The van der Waals surface area contributed by atoms with Crippen LogP contribution >= 0.6 is 0 Å². The van der Waals surface area contributed by atoms with Gasteiger partial charge in [0, 0.05) is 6.42 Å². The minimum absolute atomic E-state index is 0.181. The molecule has 0 aliphatic heterocycles. The SMILES string of the molecule is O=C(CC1C2CC3CC(C2)CC1C3)OCC(C(F)(F)F)(C(F)(F)F)S(=O)(=O)O. The Labute approximate surface area is 157 Å². The van der Waals surface area contributed by atoms with Gasteiger partial charge in [-0.05, 0) is 61.7 Å². The molecule has 4 aliphatic carbocycles. The molecule has 0 heterocycles. The molecule has 28 heavy (non-hydrogen) atoms. The van der Waals surface area contributed by atoms with E-state index in [0.717, 1.165) is 32.1 Å². The van der Waals surface area contributed by atoms with Gasteiger partial charge in [-0.25, -0.2) is 0 Å². The lowest BCUT2D eigenvalue weighted by Crippen LogP contribution is -2.65. The normalized spacial score (nSPS) is 33.2. The number of esters is 1. The second-order valence-corrected chi connectivity index (χ2v) is 9.90. The summed E-state index contributed by atoms with van der Waals surface area (Å²) >= 11 is 0. The van der Waals surface area contributed by atoms with Gasteiger partial charge in [0.1, 0.15) is 6.61 Å². The van der Waals surface area contributed by atoms with Gasteiger partial charge in [-0.1, -0.05) is 0 Å². The summed E-state index contributed by atoms with van der Waals surface area (Å²) in [6, 6.07) is 0. The third-order valence-electron chi connectivity index (χ3n) is 6.62. The molecule has 0 radical (unpaired) electrons. The fourth-order valence-corrected chi connectivity index (χ4v) is 6.29. The summed E-state index contributed by atoms with van der Waals surface area (Å²) < 4.78 is 108. The standard InChI is InChI=1S/C16H20F6O5S/c17-15(18,19)14(16(20,21)22,28(24,25)26)7-27-13(23)6-12-10-2-8-1-9(4-10)5-11(12)3-8/h8-12H,1-7H2,(H,24,25,26). The molecule has 4 aliphatic rings. The van der Waals surface area contributed by atoms with Crippen molar-refractivity contribution in [3.63, 3.8) is 0 Å². The molecule has 12 heteroatoms. The highest BCUT2D eigenvalue weighted by atomic mass is 32.2. The first-order valence-corrected chi connectivity index (χ1v) is 10.4. The number of carbonyl (C=O) groups excluding carboxylic acids is 1. The van der Waals surface area contributed by atoms with Crippen LogP contribution < -0.4 is 0 Å². The number of halogens is 6. The summed E-state index contributed by atoms with van der Waals surface area (Å²) in [6.45, 7) is -2.56. The highest BCUT2D eigenvalue weighted by Crippen LogP contribution is 2.57. The van der Waals surface area contributed by atoms with Gasteiger partial charge >= 0.3 is 23.1 Å².